The van der Waals surface area contributed by atoms with Crippen molar-refractivity contribution in [1.29, 1.82) is 0 Å². The van der Waals surface area contributed by atoms with Crippen LogP contribution in [-0.4, -0.2) is 38.3 Å². The fourth-order valence-electron chi connectivity index (χ4n) is 3.98. The van der Waals surface area contributed by atoms with E-state index >= 15 is 0 Å². The third-order valence-corrected chi connectivity index (χ3v) is 5.79. The molecule has 3 heterocycles. The minimum Gasteiger partial charge on any atom is -0.451 e. The van der Waals surface area contributed by atoms with Crippen LogP contribution >= 0.6 is 0 Å². The number of hydrogen-bond donors (Lipinski definition) is 1. The van der Waals surface area contributed by atoms with E-state index in [0.29, 0.717) is 12.3 Å². The molecule has 2 aromatic rings. The van der Waals surface area contributed by atoms with E-state index in [-0.39, 0.29) is 12.0 Å². The van der Waals surface area contributed by atoms with E-state index < -0.39 is 0 Å². The van der Waals surface area contributed by atoms with Crippen molar-refractivity contribution in [3.8, 4) is 0 Å². The predicted molar refractivity (Wildman–Crippen MR) is 103 cm³/mol. The van der Waals surface area contributed by atoms with Gasteiger partial charge in [-0.1, -0.05) is 6.92 Å². The maximum absolute atomic E-state index is 12.5. The van der Waals surface area contributed by atoms with Crippen LogP contribution in [0.15, 0.2) is 22.6 Å². The van der Waals surface area contributed by atoms with Crippen LogP contribution in [-0.2, 0) is 4.74 Å². The Balaban J connectivity index is 1.51. The lowest BCUT2D eigenvalue weighted by molar-refractivity contribution is 0.0836. The normalized spacial score (nSPS) is 21.5. The van der Waals surface area contributed by atoms with Crippen LogP contribution in [0.3, 0.4) is 0 Å². The highest BCUT2D eigenvalue weighted by Crippen LogP contribution is 2.31. The smallest absolute Gasteiger partial charge is 0.287 e. The van der Waals surface area contributed by atoms with Crippen LogP contribution in [0.1, 0.15) is 48.7 Å². The molecular weight excluding hydrogens is 328 g/mol. The van der Waals surface area contributed by atoms with Crippen molar-refractivity contribution < 1.29 is 13.9 Å². The molecule has 2 aliphatic rings. The molecule has 140 valence electrons. The number of furan rings is 1. The lowest BCUT2D eigenvalue weighted by Gasteiger charge is -2.32. The van der Waals surface area contributed by atoms with Crippen molar-refractivity contribution in [2.75, 3.05) is 31.1 Å². The average molecular weight is 356 g/mol. The van der Waals surface area contributed by atoms with Gasteiger partial charge in [0.25, 0.3) is 5.91 Å². The Labute approximate surface area is 154 Å². The van der Waals surface area contributed by atoms with Crippen molar-refractivity contribution in [3.05, 3.63) is 29.5 Å². The molecule has 5 heteroatoms. The number of benzene rings is 1. The van der Waals surface area contributed by atoms with Crippen LogP contribution in [0.5, 0.6) is 0 Å². The average Bonchev–Trinajstić information content (AvgIpc) is 3.28. The number of hydrogen-bond acceptors (Lipinski definition) is 4. The third kappa shape index (κ3) is 3.45. The van der Waals surface area contributed by atoms with E-state index in [9.17, 15) is 4.79 Å². The Morgan fingerprint density at radius 3 is 2.81 bits per heavy atom. The summed E-state index contributed by atoms with van der Waals surface area (Å²) >= 11 is 0. The van der Waals surface area contributed by atoms with Gasteiger partial charge in [-0.15, -0.1) is 0 Å². The quantitative estimate of drug-likeness (QED) is 0.903. The van der Waals surface area contributed by atoms with E-state index in [1.807, 2.05) is 13.0 Å². The first-order chi connectivity index (χ1) is 12.6. The number of piperidine rings is 1. The second-order valence-electron chi connectivity index (χ2n) is 7.75. The summed E-state index contributed by atoms with van der Waals surface area (Å²) in [5.74, 6) is 1.08. The van der Waals surface area contributed by atoms with Gasteiger partial charge in [-0.3, -0.25) is 4.79 Å². The molecule has 1 atom stereocenters. The first kappa shape index (κ1) is 17.4. The van der Waals surface area contributed by atoms with Crippen LogP contribution < -0.4 is 10.2 Å². The van der Waals surface area contributed by atoms with Gasteiger partial charge in [0.05, 0.1) is 6.10 Å². The lowest BCUT2D eigenvalue weighted by Crippen LogP contribution is -2.32. The molecule has 1 aromatic heterocycles. The summed E-state index contributed by atoms with van der Waals surface area (Å²) in [7, 11) is 0. The maximum atomic E-state index is 12.5. The number of aryl methyl sites for hydroxylation is 1. The predicted octanol–water partition coefficient (Wildman–Crippen LogP) is 3.89. The van der Waals surface area contributed by atoms with Crippen molar-refractivity contribution in [3.63, 3.8) is 0 Å². The van der Waals surface area contributed by atoms with Crippen LogP contribution in [0.2, 0.25) is 0 Å². The minimum atomic E-state index is -0.150. The molecule has 1 unspecified atom stereocenters. The number of fused-ring (bicyclic) bond motifs is 1. The van der Waals surface area contributed by atoms with Gasteiger partial charge in [0.15, 0.2) is 5.76 Å². The third-order valence-electron chi connectivity index (χ3n) is 5.79. The molecule has 2 fully saturated rings. The standard InChI is InChI=1S/C21H28N2O3/c1-14-7-9-23(10-8-14)16-5-6-19-18(12-16)15(2)20(26-19)21(24)22-13-17-4-3-11-25-17/h5-6,12,14,17H,3-4,7-11,13H2,1-2H3,(H,22,24). The van der Waals surface area contributed by atoms with Crippen molar-refractivity contribution in [1.82, 2.24) is 5.32 Å². The first-order valence-corrected chi connectivity index (χ1v) is 9.79. The summed E-state index contributed by atoms with van der Waals surface area (Å²) in [4.78, 5) is 15.0. The summed E-state index contributed by atoms with van der Waals surface area (Å²) in [6.45, 7) is 7.82. The SMILES string of the molecule is Cc1c(C(=O)NCC2CCCO2)oc2ccc(N3CCC(C)CC3)cc12. The van der Waals surface area contributed by atoms with Crippen molar-refractivity contribution >= 4 is 22.6 Å². The van der Waals surface area contributed by atoms with Gasteiger partial charge in [0.2, 0.25) is 0 Å². The molecule has 0 bridgehead atoms. The molecule has 26 heavy (non-hydrogen) atoms. The topological polar surface area (TPSA) is 54.7 Å². The summed E-state index contributed by atoms with van der Waals surface area (Å²) < 4.78 is 11.4. The second-order valence-corrected chi connectivity index (χ2v) is 7.75. The van der Waals surface area contributed by atoms with E-state index in [1.165, 1.54) is 18.5 Å². The molecule has 0 saturated carbocycles. The van der Waals surface area contributed by atoms with Crippen LogP contribution in [0, 0.1) is 12.8 Å². The summed E-state index contributed by atoms with van der Waals surface area (Å²) in [5.41, 5.74) is 2.91. The van der Waals surface area contributed by atoms with E-state index in [1.54, 1.807) is 0 Å². The van der Waals surface area contributed by atoms with Gasteiger partial charge in [0, 0.05) is 42.9 Å². The summed E-state index contributed by atoms with van der Waals surface area (Å²) in [6, 6.07) is 6.27. The van der Waals surface area contributed by atoms with Gasteiger partial charge in [-0.2, -0.15) is 0 Å². The number of anilines is 1. The number of nitrogens with zero attached hydrogens (tertiary/aromatic N) is 1. The molecule has 4 rings (SSSR count). The fraction of sp³-hybridized carbons (Fsp3) is 0.571. The molecule has 2 saturated heterocycles. The van der Waals surface area contributed by atoms with Crippen molar-refractivity contribution in [2.45, 2.75) is 45.6 Å². The number of carbonyl (C=O) groups is 1. The number of ether oxygens (including phenoxy) is 1. The van der Waals surface area contributed by atoms with Crippen LogP contribution in [0.25, 0.3) is 11.0 Å². The van der Waals surface area contributed by atoms with Gasteiger partial charge < -0.3 is 19.4 Å². The maximum Gasteiger partial charge on any atom is 0.287 e. The highest BCUT2D eigenvalue weighted by molar-refractivity contribution is 5.99. The molecule has 0 spiro atoms. The number of rotatable bonds is 4. The summed E-state index contributed by atoms with van der Waals surface area (Å²) in [6.07, 6.45) is 4.69. The Bertz CT molecular complexity index is 784. The first-order valence-electron chi connectivity index (χ1n) is 9.79. The van der Waals surface area contributed by atoms with Gasteiger partial charge in [0.1, 0.15) is 5.58 Å². The molecule has 1 amide bonds. The molecule has 2 aliphatic heterocycles. The Kier molecular flexibility index (Phi) is 4.90. The second kappa shape index (κ2) is 7.31. The van der Waals surface area contributed by atoms with Gasteiger partial charge in [-0.25, -0.2) is 0 Å². The fourth-order valence-corrected chi connectivity index (χ4v) is 3.98. The van der Waals surface area contributed by atoms with E-state index in [2.05, 4.69) is 29.3 Å². The molecule has 1 N–H and O–H groups in total. The molecule has 1 aromatic carbocycles. The lowest BCUT2D eigenvalue weighted by atomic mass is 9.98. The van der Waals surface area contributed by atoms with Gasteiger partial charge >= 0.3 is 0 Å². The molecule has 5 nitrogen and oxygen atoms in total. The molecule has 0 radical (unpaired) electrons. The van der Waals surface area contributed by atoms with Crippen molar-refractivity contribution in [2.24, 2.45) is 5.92 Å². The summed E-state index contributed by atoms with van der Waals surface area (Å²) in [5, 5.41) is 3.99. The highest BCUT2D eigenvalue weighted by atomic mass is 16.5. The minimum absolute atomic E-state index is 0.136. The number of carbonyl (C=O) groups excluding carboxylic acids is 1. The van der Waals surface area contributed by atoms with E-state index in [4.69, 9.17) is 9.15 Å². The van der Waals surface area contributed by atoms with Crippen LogP contribution in [0.4, 0.5) is 5.69 Å². The molecular formula is C21H28N2O3. The Morgan fingerprint density at radius 1 is 1.27 bits per heavy atom. The number of amides is 1. The zero-order valence-corrected chi connectivity index (χ0v) is 15.7. The number of nitrogens with one attached hydrogen (secondary N) is 1. The highest BCUT2D eigenvalue weighted by Gasteiger charge is 2.22. The van der Waals surface area contributed by atoms with E-state index in [0.717, 1.165) is 55.0 Å². The molecule has 0 aliphatic carbocycles. The van der Waals surface area contributed by atoms with Gasteiger partial charge in [-0.05, 0) is 56.7 Å². The Morgan fingerprint density at radius 2 is 2.08 bits per heavy atom. The Hall–Kier alpha value is -2.01. The zero-order chi connectivity index (χ0) is 18.1. The monoisotopic (exact) mass is 356 g/mol. The zero-order valence-electron chi connectivity index (χ0n) is 15.7. The largest absolute Gasteiger partial charge is 0.451 e.